The van der Waals surface area contributed by atoms with Gasteiger partial charge in [0, 0.05) is 11.5 Å². The standard InChI is InChI=1S/C12H12O/c1-9-5-4-7-10-6-2-3-8-11(10)12(9)13/h2-4,6-9H,5H2,1H3. The van der Waals surface area contributed by atoms with Crippen LogP contribution in [0.4, 0.5) is 0 Å². The van der Waals surface area contributed by atoms with Gasteiger partial charge in [0.2, 0.25) is 0 Å². The van der Waals surface area contributed by atoms with E-state index in [-0.39, 0.29) is 11.7 Å². The molecule has 1 aromatic rings. The van der Waals surface area contributed by atoms with E-state index in [0.717, 1.165) is 17.5 Å². The molecule has 1 aliphatic carbocycles. The smallest absolute Gasteiger partial charge is 0.166 e. The number of carbonyl (C=O) groups excluding carboxylic acids is 1. The Hall–Kier alpha value is -1.37. The molecule has 13 heavy (non-hydrogen) atoms. The molecule has 1 atom stereocenters. The van der Waals surface area contributed by atoms with Gasteiger partial charge >= 0.3 is 0 Å². The highest BCUT2D eigenvalue weighted by atomic mass is 16.1. The van der Waals surface area contributed by atoms with E-state index in [1.165, 1.54) is 0 Å². The highest BCUT2D eigenvalue weighted by molar-refractivity contribution is 6.01. The molecule has 0 saturated carbocycles. The van der Waals surface area contributed by atoms with Crippen molar-refractivity contribution in [1.29, 1.82) is 0 Å². The average Bonchev–Trinajstić information content (AvgIpc) is 2.29. The van der Waals surface area contributed by atoms with Gasteiger partial charge in [-0.15, -0.1) is 0 Å². The van der Waals surface area contributed by atoms with Crippen molar-refractivity contribution in [3.8, 4) is 0 Å². The average molecular weight is 172 g/mol. The Kier molecular flexibility index (Phi) is 2.01. The van der Waals surface area contributed by atoms with Gasteiger partial charge in [-0.05, 0) is 12.0 Å². The molecule has 2 rings (SSSR count). The van der Waals surface area contributed by atoms with Gasteiger partial charge in [0.15, 0.2) is 5.78 Å². The summed E-state index contributed by atoms with van der Waals surface area (Å²) in [5.41, 5.74) is 1.92. The summed E-state index contributed by atoms with van der Waals surface area (Å²) in [6.45, 7) is 1.98. The lowest BCUT2D eigenvalue weighted by molar-refractivity contribution is 0.0932. The Balaban J connectivity index is 2.55. The summed E-state index contributed by atoms with van der Waals surface area (Å²) in [4.78, 5) is 11.8. The van der Waals surface area contributed by atoms with Crippen molar-refractivity contribution in [2.75, 3.05) is 0 Å². The fourth-order valence-corrected chi connectivity index (χ4v) is 1.64. The van der Waals surface area contributed by atoms with Gasteiger partial charge in [-0.2, -0.15) is 0 Å². The van der Waals surface area contributed by atoms with Crippen LogP contribution in [-0.2, 0) is 0 Å². The second-order valence-corrected chi connectivity index (χ2v) is 3.49. The highest BCUT2D eigenvalue weighted by Gasteiger charge is 2.18. The predicted octanol–water partition coefficient (Wildman–Crippen LogP) is 2.92. The lowest BCUT2D eigenvalue weighted by Crippen LogP contribution is -2.09. The van der Waals surface area contributed by atoms with Crippen LogP contribution < -0.4 is 0 Å². The van der Waals surface area contributed by atoms with Gasteiger partial charge in [-0.1, -0.05) is 43.3 Å². The van der Waals surface area contributed by atoms with Crippen LogP contribution in [0.15, 0.2) is 30.3 Å². The molecule has 0 heterocycles. The van der Waals surface area contributed by atoms with Crippen molar-refractivity contribution < 1.29 is 4.79 Å². The van der Waals surface area contributed by atoms with Crippen LogP contribution in [0, 0.1) is 5.92 Å². The number of benzene rings is 1. The van der Waals surface area contributed by atoms with Gasteiger partial charge in [-0.3, -0.25) is 4.79 Å². The first kappa shape index (κ1) is 8.24. The molecule has 0 N–H and O–H groups in total. The molecule has 0 fully saturated rings. The van der Waals surface area contributed by atoms with E-state index in [1.54, 1.807) is 0 Å². The zero-order chi connectivity index (χ0) is 9.26. The highest BCUT2D eigenvalue weighted by Crippen LogP contribution is 2.21. The van der Waals surface area contributed by atoms with Gasteiger partial charge < -0.3 is 0 Å². The van der Waals surface area contributed by atoms with Gasteiger partial charge in [0.25, 0.3) is 0 Å². The molecule has 1 aliphatic rings. The molecule has 0 bridgehead atoms. The third-order valence-corrected chi connectivity index (χ3v) is 2.46. The Bertz CT molecular complexity index is 363. The SMILES string of the molecule is CC1CC=Cc2ccccc2C1=O. The maximum atomic E-state index is 11.8. The van der Waals surface area contributed by atoms with Crippen LogP contribution in [0.3, 0.4) is 0 Å². The summed E-state index contributed by atoms with van der Waals surface area (Å²) in [5.74, 6) is 0.389. The van der Waals surface area contributed by atoms with Crippen LogP contribution in [0.25, 0.3) is 6.08 Å². The summed E-state index contributed by atoms with van der Waals surface area (Å²) in [6.07, 6.45) is 4.97. The molecule has 66 valence electrons. The van der Waals surface area contributed by atoms with Crippen LogP contribution in [0.1, 0.15) is 29.3 Å². The molecular weight excluding hydrogens is 160 g/mol. The Morgan fingerprint density at radius 2 is 2.08 bits per heavy atom. The summed E-state index contributed by atoms with van der Waals surface area (Å²) in [7, 11) is 0. The largest absolute Gasteiger partial charge is 0.294 e. The number of carbonyl (C=O) groups is 1. The second kappa shape index (κ2) is 3.17. The number of hydrogen-bond acceptors (Lipinski definition) is 1. The lowest BCUT2D eigenvalue weighted by atomic mass is 9.96. The van der Waals surface area contributed by atoms with Crippen molar-refractivity contribution in [2.45, 2.75) is 13.3 Å². The number of allylic oxidation sites excluding steroid dienone is 1. The summed E-state index contributed by atoms with van der Waals surface area (Å²) in [5, 5.41) is 0. The van der Waals surface area contributed by atoms with Crippen LogP contribution in [-0.4, -0.2) is 5.78 Å². The molecule has 1 nitrogen and oxygen atoms in total. The molecule has 1 heteroatoms. The van der Waals surface area contributed by atoms with Crippen molar-refractivity contribution in [2.24, 2.45) is 5.92 Å². The van der Waals surface area contributed by atoms with E-state index in [1.807, 2.05) is 37.3 Å². The first-order valence-corrected chi connectivity index (χ1v) is 4.59. The number of Topliss-reactive ketones (excluding diaryl/α,β-unsaturated/α-hetero) is 1. The molecule has 1 aromatic carbocycles. The van der Waals surface area contributed by atoms with Crippen molar-refractivity contribution in [3.05, 3.63) is 41.5 Å². The monoisotopic (exact) mass is 172 g/mol. The Morgan fingerprint density at radius 1 is 1.31 bits per heavy atom. The van der Waals surface area contributed by atoms with Crippen LogP contribution in [0.5, 0.6) is 0 Å². The minimum absolute atomic E-state index is 0.125. The van der Waals surface area contributed by atoms with E-state index in [0.29, 0.717) is 0 Å². The molecular formula is C12H12O. The molecule has 0 aromatic heterocycles. The van der Waals surface area contributed by atoms with Crippen molar-refractivity contribution in [1.82, 2.24) is 0 Å². The topological polar surface area (TPSA) is 17.1 Å². The van der Waals surface area contributed by atoms with Crippen molar-refractivity contribution >= 4 is 11.9 Å². The first-order chi connectivity index (χ1) is 6.29. The maximum absolute atomic E-state index is 11.8. The second-order valence-electron chi connectivity index (χ2n) is 3.49. The third kappa shape index (κ3) is 1.42. The minimum atomic E-state index is 0.125. The molecule has 0 saturated heterocycles. The molecule has 0 spiro atoms. The first-order valence-electron chi connectivity index (χ1n) is 4.59. The van der Waals surface area contributed by atoms with E-state index >= 15 is 0 Å². The van der Waals surface area contributed by atoms with E-state index in [2.05, 4.69) is 6.08 Å². The van der Waals surface area contributed by atoms with Gasteiger partial charge in [0.1, 0.15) is 0 Å². The summed E-state index contributed by atoms with van der Waals surface area (Å²) >= 11 is 0. The van der Waals surface area contributed by atoms with Crippen LogP contribution in [0.2, 0.25) is 0 Å². The van der Waals surface area contributed by atoms with Crippen molar-refractivity contribution in [3.63, 3.8) is 0 Å². The Morgan fingerprint density at radius 3 is 2.92 bits per heavy atom. The zero-order valence-corrected chi connectivity index (χ0v) is 7.66. The summed E-state index contributed by atoms with van der Waals surface area (Å²) in [6, 6.07) is 7.78. The lowest BCUT2D eigenvalue weighted by Gasteiger charge is -2.06. The number of ketones is 1. The number of hydrogen-bond donors (Lipinski definition) is 0. The van der Waals surface area contributed by atoms with E-state index < -0.39 is 0 Å². The quantitative estimate of drug-likeness (QED) is 0.588. The fraction of sp³-hybridized carbons (Fsp3) is 0.250. The van der Waals surface area contributed by atoms with Gasteiger partial charge in [-0.25, -0.2) is 0 Å². The minimum Gasteiger partial charge on any atom is -0.294 e. The number of rotatable bonds is 0. The molecule has 1 unspecified atom stereocenters. The third-order valence-electron chi connectivity index (χ3n) is 2.46. The Labute approximate surface area is 78.1 Å². The molecule has 0 amide bonds. The summed E-state index contributed by atoms with van der Waals surface area (Å²) < 4.78 is 0. The zero-order valence-electron chi connectivity index (χ0n) is 7.66. The molecule has 0 radical (unpaired) electrons. The van der Waals surface area contributed by atoms with E-state index in [9.17, 15) is 4.79 Å². The van der Waals surface area contributed by atoms with Gasteiger partial charge in [0.05, 0.1) is 0 Å². The normalized spacial score (nSPS) is 21.0. The molecule has 0 aliphatic heterocycles. The predicted molar refractivity (Wildman–Crippen MR) is 53.6 cm³/mol. The fourth-order valence-electron chi connectivity index (χ4n) is 1.64. The van der Waals surface area contributed by atoms with E-state index in [4.69, 9.17) is 0 Å². The number of fused-ring (bicyclic) bond motifs is 1. The van der Waals surface area contributed by atoms with Crippen LogP contribution >= 0.6 is 0 Å². The maximum Gasteiger partial charge on any atom is 0.166 e.